The van der Waals surface area contributed by atoms with Crippen LogP contribution < -0.4 is 5.32 Å². The molecule has 8 heteroatoms. The molecule has 1 N–H and O–H groups in total. The SMILES string of the molecule is CC(C)(N[C@H]1CC[C@@H](n2nccc2-n2ccnc2)CC1)C(F)(F)F. The first-order valence-electron chi connectivity index (χ1n) is 8.14. The Morgan fingerprint density at radius 2 is 1.83 bits per heavy atom. The van der Waals surface area contributed by atoms with Gasteiger partial charge in [0.2, 0.25) is 0 Å². The van der Waals surface area contributed by atoms with Gasteiger partial charge in [-0.05, 0) is 39.5 Å². The maximum atomic E-state index is 13.0. The van der Waals surface area contributed by atoms with Crippen LogP contribution in [0.2, 0.25) is 0 Å². The van der Waals surface area contributed by atoms with Gasteiger partial charge in [0.1, 0.15) is 17.7 Å². The number of hydrogen-bond acceptors (Lipinski definition) is 3. The lowest BCUT2D eigenvalue weighted by molar-refractivity contribution is -0.188. The van der Waals surface area contributed by atoms with Crippen molar-refractivity contribution in [2.45, 2.75) is 63.3 Å². The van der Waals surface area contributed by atoms with Crippen molar-refractivity contribution >= 4 is 0 Å². The zero-order valence-corrected chi connectivity index (χ0v) is 13.8. The van der Waals surface area contributed by atoms with Crippen LogP contribution in [0.15, 0.2) is 31.0 Å². The van der Waals surface area contributed by atoms with Crippen LogP contribution in [0, 0.1) is 0 Å². The van der Waals surface area contributed by atoms with E-state index in [-0.39, 0.29) is 12.1 Å². The van der Waals surface area contributed by atoms with Crippen molar-refractivity contribution in [2.24, 2.45) is 0 Å². The summed E-state index contributed by atoms with van der Waals surface area (Å²) in [6.45, 7) is 2.40. The van der Waals surface area contributed by atoms with Crippen LogP contribution in [-0.2, 0) is 0 Å². The summed E-state index contributed by atoms with van der Waals surface area (Å²) >= 11 is 0. The summed E-state index contributed by atoms with van der Waals surface area (Å²) < 4.78 is 42.9. The lowest BCUT2D eigenvalue weighted by atomic mass is 9.89. The summed E-state index contributed by atoms with van der Waals surface area (Å²) in [4.78, 5) is 4.05. The van der Waals surface area contributed by atoms with Gasteiger partial charge >= 0.3 is 6.18 Å². The molecule has 2 aromatic rings. The molecule has 0 atom stereocenters. The van der Waals surface area contributed by atoms with E-state index in [1.54, 1.807) is 18.7 Å². The Labute approximate surface area is 138 Å². The van der Waals surface area contributed by atoms with E-state index in [1.165, 1.54) is 13.8 Å². The van der Waals surface area contributed by atoms with E-state index in [2.05, 4.69) is 15.4 Å². The second kappa shape index (κ2) is 6.23. The number of imidazole rings is 1. The molecule has 5 nitrogen and oxygen atoms in total. The summed E-state index contributed by atoms with van der Waals surface area (Å²) in [6.07, 6.45) is 5.77. The maximum absolute atomic E-state index is 13.0. The molecule has 1 aliphatic carbocycles. The van der Waals surface area contributed by atoms with Crippen molar-refractivity contribution in [2.75, 3.05) is 0 Å². The molecule has 0 spiro atoms. The van der Waals surface area contributed by atoms with Gasteiger partial charge < -0.3 is 5.32 Å². The minimum absolute atomic E-state index is 0.120. The molecular weight excluding hydrogens is 319 g/mol. The monoisotopic (exact) mass is 341 g/mol. The number of alkyl halides is 3. The molecule has 2 aromatic heterocycles. The Balaban J connectivity index is 1.63. The lowest BCUT2D eigenvalue weighted by Gasteiger charge is -2.37. The first kappa shape index (κ1) is 17.0. The second-order valence-electron chi connectivity index (χ2n) is 6.88. The highest BCUT2D eigenvalue weighted by molar-refractivity contribution is 5.21. The fourth-order valence-corrected chi connectivity index (χ4v) is 3.24. The fraction of sp³-hybridized carbons (Fsp3) is 0.625. The molecule has 24 heavy (non-hydrogen) atoms. The Morgan fingerprint density at radius 3 is 2.42 bits per heavy atom. The van der Waals surface area contributed by atoms with Crippen LogP contribution in [0.1, 0.15) is 45.6 Å². The Bertz CT molecular complexity index is 652. The molecule has 1 saturated carbocycles. The zero-order valence-electron chi connectivity index (χ0n) is 13.8. The van der Waals surface area contributed by atoms with E-state index < -0.39 is 11.7 Å². The molecule has 1 aliphatic rings. The number of rotatable bonds is 4. The smallest absolute Gasteiger partial charge is 0.301 e. The minimum atomic E-state index is -4.25. The largest absolute Gasteiger partial charge is 0.406 e. The molecular formula is C16H22F3N5. The van der Waals surface area contributed by atoms with E-state index in [4.69, 9.17) is 0 Å². The highest BCUT2D eigenvalue weighted by Crippen LogP contribution is 2.34. The summed E-state index contributed by atoms with van der Waals surface area (Å²) in [5, 5.41) is 7.18. The molecule has 132 valence electrons. The summed E-state index contributed by atoms with van der Waals surface area (Å²) in [6, 6.07) is 1.99. The van der Waals surface area contributed by atoms with Crippen LogP contribution in [-0.4, -0.2) is 37.1 Å². The fourth-order valence-electron chi connectivity index (χ4n) is 3.24. The summed E-state index contributed by atoms with van der Waals surface area (Å²) in [7, 11) is 0. The average molecular weight is 341 g/mol. The van der Waals surface area contributed by atoms with Gasteiger partial charge in [-0.1, -0.05) is 0 Å². The minimum Gasteiger partial charge on any atom is -0.301 e. The van der Waals surface area contributed by atoms with Crippen LogP contribution in [0.3, 0.4) is 0 Å². The second-order valence-corrected chi connectivity index (χ2v) is 6.88. The molecule has 0 aliphatic heterocycles. The third-order valence-electron chi connectivity index (χ3n) is 4.73. The van der Waals surface area contributed by atoms with Crippen molar-refractivity contribution in [3.05, 3.63) is 31.0 Å². The molecule has 2 heterocycles. The first-order chi connectivity index (χ1) is 11.3. The summed E-state index contributed by atoms with van der Waals surface area (Å²) in [5.74, 6) is 0.930. The lowest BCUT2D eigenvalue weighted by Crippen LogP contribution is -2.56. The van der Waals surface area contributed by atoms with E-state index >= 15 is 0 Å². The van der Waals surface area contributed by atoms with Crippen molar-refractivity contribution < 1.29 is 13.2 Å². The van der Waals surface area contributed by atoms with E-state index in [0.29, 0.717) is 12.8 Å². The average Bonchev–Trinajstić information content (AvgIpc) is 3.17. The third-order valence-corrected chi connectivity index (χ3v) is 4.73. The first-order valence-corrected chi connectivity index (χ1v) is 8.14. The number of nitrogens with one attached hydrogen (secondary N) is 1. The normalized spacial score (nSPS) is 22.7. The van der Waals surface area contributed by atoms with Crippen LogP contribution in [0.25, 0.3) is 5.82 Å². The number of hydrogen-bond donors (Lipinski definition) is 1. The number of halogens is 3. The molecule has 0 unspecified atom stereocenters. The highest BCUT2D eigenvalue weighted by atomic mass is 19.4. The van der Waals surface area contributed by atoms with Crippen molar-refractivity contribution in [1.82, 2.24) is 24.6 Å². The number of nitrogens with zero attached hydrogens (tertiary/aromatic N) is 4. The topological polar surface area (TPSA) is 47.7 Å². The standard InChI is InChI=1S/C16H22F3N5/c1-15(2,16(17,18)19)22-12-3-5-13(6-4-12)24-14(7-8-21-24)23-10-9-20-11-23/h7-13,22H,3-6H2,1-2H3/t12-,13+. The van der Waals surface area contributed by atoms with Gasteiger partial charge in [-0.25, -0.2) is 9.67 Å². The van der Waals surface area contributed by atoms with Crippen molar-refractivity contribution in [1.29, 1.82) is 0 Å². The van der Waals surface area contributed by atoms with Crippen LogP contribution in [0.5, 0.6) is 0 Å². The Morgan fingerprint density at radius 1 is 1.12 bits per heavy atom. The molecule has 0 saturated heterocycles. The van der Waals surface area contributed by atoms with Gasteiger partial charge in [0.25, 0.3) is 0 Å². The van der Waals surface area contributed by atoms with E-state index in [0.717, 1.165) is 18.7 Å². The van der Waals surface area contributed by atoms with Crippen molar-refractivity contribution in [3.63, 3.8) is 0 Å². The number of aromatic nitrogens is 4. The Kier molecular flexibility index (Phi) is 4.42. The molecule has 0 radical (unpaired) electrons. The third kappa shape index (κ3) is 3.33. The molecule has 0 bridgehead atoms. The van der Waals surface area contributed by atoms with E-state index in [1.807, 2.05) is 21.5 Å². The van der Waals surface area contributed by atoms with Crippen LogP contribution >= 0.6 is 0 Å². The van der Waals surface area contributed by atoms with Crippen LogP contribution in [0.4, 0.5) is 13.2 Å². The quantitative estimate of drug-likeness (QED) is 0.926. The van der Waals surface area contributed by atoms with Gasteiger partial charge in [-0.3, -0.25) is 4.57 Å². The summed E-state index contributed by atoms with van der Waals surface area (Å²) in [5.41, 5.74) is -1.86. The highest BCUT2D eigenvalue weighted by Gasteiger charge is 2.48. The zero-order chi connectivity index (χ0) is 17.4. The van der Waals surface area contributed by atoms with Gasteiger partial charge in [0, 0.05) is 24.5 Å². The molecule has 0 amide bonds. The predicted molar refractivity (Wildman–Crippen MR) is 83.9 cm³/mol. The molecule has 1 fully saturated rings. The van der Waals surface area contributed by atoms with Gasteiger partial charge in [-0.2, -0.15) is 18.3 Å². The van der Waals surface area contributed by atoms with Crippen molar-refractivity contribution in [3.8, 4) is 5.82 Å². The molecule has 3 rings (SSSR count). The maximum Gasteiger partial charge on any atom is 0.406 e. The van der Waals surface area contributed by atoms with Gasteiger partial charge in [0.05, 0.1) is 12.2 Å². The molecule has 0 aromatic carbocycles. The van der Waals surface area contributed by atoms with Gasteiger partial charge in [0.15, 0.2) is 0 Å². The van der Waals surface area contributed by atoms with Gasteiger partial charge in [-0.15, -0.1) is 0 Å². The van der Waals surface area contributed by atoms with E-state index in [9.17, 15) is 13.2 Å². The predicted octanol–water partition coefficient (Wildman–Crippen LogP) is 3.48. The Hall–Kier alpha value is -1.83.